The number of rotatable bonds is 5. The zero-order valence-corrected chi connectivity index (χ0v) is 17.8. The maximum absolute atomic E-state index is 12.9. The number of carbonyl (C=O) groups excluding carboxylic acids is 1. The number of fused-ring (bicyclic) bond motifs is 1. The molecule has 0 radical (unpaired) electrons. The van der Waals surface area contributed by atoms with Gasteiger partial charge in [-0.05, 0) is 45.7 Å². The lowest BCUT2D eigenvalue weighted by Crippen LogP contribution is -2.46. The SMILES string of the molecule is CCS(=O)(=O)N1CCC(C(=O)NC2CC(C)(C)Oc3cc(OC)ccc32)CC1. The van der Waals surface area contributed by atoms with Crippen molar-refractivity contribution in [2.45, 2.75) is 51.7 Å². The Morgan fingerprint density at radius 1 is 1.32 bits per heavy atom. The molecule has 7 nitrogen and oxygen atoms in total. The Hall–Kier alpha value is -1.80. The number of hydrogen-bond donors (Lipinski definition) is 1. The molecule has 1 atom stereocenters. The number of hydrogen-bond acceptors (Lipinski definition) is 5. The lowest BCUT2D eigenvalue weighted by Gasteiger charge is -2.39. The third kappa shape index (κ3) is 4.43. The lowest BCUT2D eigenvalue weighted by atomic mass is 9.88. The topological polar surface area (TPSA) is 84.9 Å². The van der Waals surface area contributed by atoms with E-state index < -0.39 is 15.6 Å². The largest absolute Gasteiger partial charge is 0.497 e. The van der Waals surface area contributed by atoms with Crippen molar-refractivity contribution in [1.82, 2.24) is 9.62 Å². The molecule has 3 rings (SSSR count). The first kappa shape index (κ1) is 20.9. The highest BCUT2D eigenvalue weighted by Gasteiger charge is 2.37. The van der Waals surface area contributed by atoms with Crippen LogP contribution in [0, 0.1) is 5.92 Å². The predicted octanol–water partition coefficient (Wildman–Crippen LogP) is 2.48. The quantitative estimate of drug-likeness (QED) is 0.806. The molecule has 0 saturated carbocycles. The van der Waals surface area contributed by atoms with Gasteiger partial charge >= 0.3 is 0 Å². The van der Waals surface area contributed by atoms with E-state index in [9.17, 15) is 13.2 Å². The molecule has 1 aromatic rings. The highest BCUT2D eigenvalue weighted by Crippen LogP contribution is 2.41. The van der Waals surface area contributed by atoms with Crippen molar-refractivity contribution < 1.29 is 22.7 Å². The van der Waals surface area contributed by atoms with Crippen LogP contribution in [-0.2, 0) is 14.8 Å². The van der Waals surface area contributed by atoms with Crippen LogP contribution in [0.25, 0.3) is 0 Å². The van der Waals surface area contributed by atoms with Crippen molar-refractivity contribution in [3.05, 3.63) is 23.8 Å². The van der Waals surface area contributed by atoms with Gasteiger partial charge in [-0.1, -0.05) is 0 Å². The number of ether oxygens (including phenoxy) is 2. The molecule has 2 aliphatic rings. The number of sulfonamides is 1. The first-order valence-electron chi connectivity index (χ1n) is 9.80. The van der Waals surface area contributed by atoms with Gasteiger partial charge in [0, 0.05) is 37.1 Å². The van der Waals surface area contributed by atoms with E-state index in [0.717, 1.165) is 11.3 Å². The maximum atomic E-state index is 12.9. The summed E-state index contributed by atoms with van der Waals surface area (Å²) in [7, 11) is -1.58. The van der Waals surface area contributed by atoms with Gasteiger partial charge in [0.05, 0.1) is 18.9 Å². The van der Waals surface area contributed by atoms with Crippen molar-refractivity contribution in [3.63, 3.8) is 0 Å². The molecule has 0 aliphatic carbocycles. The van der Waals surface area contributed by atoms with Gasteiger partial charge < -0.3 is 14.8 Å². The van der Waals surface area contributed by atoms with Crippen LogP contribution in [0.4, 0.5) is 0 Å². The number of benzene rings is 1. The van der Waals surface area contributed by atoms with Crippen LogP contribution in [0.1, 0.15) is 51.6 Å². The van der Waals surface area contributed by atoms with Crippen LogP contribution in [0.15, 0.2) is 18.2 Å². The summed E-state index contributed by atoms with van der Waals surface area (Å²) in [5.41, 5.74) is 0.537. The summed E-state index contributed by atoms with van der Waals surface area (Å²) in [5.74, 6) is 1.35. The van der Waals surface area contributed by atoms with Gasteiger partial charge in [0.2, 0.25) is 15.9 Å². The van der Waals surface area contributed by atoms with E-state index in [2.05, 4.69) is 5.32 Å². The van der Waals surface area contributed by atoms with Crippen LogP contribution in [-0.4, -0.2) is 50.2 Å². The zero-order chi connectivity index (χ0) is 20.5. The van der Waals surface area contributed by atoms with Gasteiger partial charge in [-0.25, -0.2) is 12.7 Å². The van der Waals surface area contributed by atoms with Gasteiger partial charge in [-0.3, -0.25) is 4.79 Å². The van der Waals surface area contributed by atoms with E-state index in [1.54, 1.807) is 14.0 Å². The molecule has 1 unspecified atom stereocenters. The summed E-state index contributed by atoms with van der Waals surface area (Å²) in [5, 5.41) is 3.18. The van der Waals surface area contributed by atoms with E-state index in [0.29, 0.717) is 38.1 Å². The van der Waals surface area contributed by atoms with Gasteiger partial charge in [0.1, 0.15) is 17.1 Å². The minimum atomic E-state index is -3.19. The standard InChI is InChI=1S/C20H30N2O5S/c1-5-28(24,25)22-10-8-14(9-11-22)19(23)21-17-13-20(2,3)27-18-12-15(26-4)6-7-16(17)18/h6-7,12,14,17H,5,8-11,13H2,1-4H3,(H,21,23). The van der Waals surface area contributed by atoms with E-state index in [-0.39, 0.29) is 23.6 Å². The van der Waals surface area contributed by atoms with Crippen molar-refractivity contribution >= 4 is 15.9 Å². The predicted molar refractivity (Wildman–Crippen MR) is 107 cm³/mol. The fourth-order valence-electron chi connectivity index (χ4n) is 3.96. The van der Waals surface area contributed by atoms with Crippen LogP contribution in [0.5, 0.6) is 11.5 Å². The number of piperidine rings is 1. The second-order valence-corrected chi connectivity index (χ2v) is 10.4. The number of nitrogens with one attached hydrogen (secondary N) is 1. The number of methoxy groups -OCH3 is 1. The lowest BCUT2D eigenvalue weighted by molar-refractivity contribution is -0.127. The molecule has 2 heterocycles. The second-order valence-electron chi connectivity index (χ2n) is 8.10. The van der Waals surface area contributed by atoms with E-state index in [1.807, 2.05) is 32.0 Å². The summed E-state index contributed by atoms with van der Waals surface area (Å²) in [4.78, 5) is 12.9. The Kier molecular flexibility index (Phi) is 5.91. The molecule has 1 aromatic carbocycles. The van der Waals surface area contributed by atoms with Crippen molar-refractivity contribution in [2.75, 3.05) is 26.0 Å². The minimum absolute atomic E-state index is 0.0157. The van der Waals surface area contributed by atoms with Crippen LogP contribution < -0.4 is 14.8 Å². The summed E-state index contributed by atoms with van der Waals surface area (Å²) in [6.45, 7) is 6.46. The van der Waals surface area contributed by atoms with Gasteiger partial charge in [-0.2, -0.15) is 0 Å². The fraction of sp³-hybridized carbons (Fsp3) is 0.650. The van der Waals surface area contributed by atoms with Crippen LogP contribution in [0.2, 0.25) is 0 Å². The van der Waals surface area contributed by atoms with Crippen molar-refractivity contribution in [1.29, 1.82) is 0 Å². The van der Waals surface area contributed by atoms with Gasteiger partial charge in [0.15, 0.2) is 0 Å². The van der Waals surface area contributed by atoms with E-state index in [1.165, 1.54) is 4.31 Å². The Morgan fingerprint density at radius 3 is 2.61 bits per heavy atom. The number of carbonyl (C=O) groups is 1. The zero-order valence-electron chi connectivity index (χ0n) is 17.0. The van der Waals surface area contributed by atoms with Crippen molar-refractivity contribution in [2.24, 2.45) is 5.92 Å². The van der Waals surface area contributed by atoms with E-state index in [4.69, 9.17) is 9.47 Å². The second kappa shape index (κ2) is 7.91. The first-order chi connectivity index (χ1) is 13.1. The summed E-state index contributed by atoms with van der Waals surface area (Å²) >= 11 is 0. The van der Waals surface area contributed by atoms with Crippen LogP contribution in [0.3, 0.4) is 0 Å². The van der Waals surface area contributed by atoms with Gasteiger partial charge in [-0.15, -0.1) is 0 Å². The smallest absolute Gasteiger partial charge is 0.223 e. The molecule has 0 bridgehead atoms. The summed E-state index contributed by atoms with van der Waals surface area (Å²) in [6.07, 6.45) is 1.77. The maximum Gasteiger partial charge on any atom is 0.223 e. The van der Waals surface area contributed by atoms with E-state index >= 15 is 0 Å². The van der Waals surface area contributed by atoms with Crippen LogP contribution >= 0.6 is 0 Å². The molecule has 8 heteroatoms. The Balaban J connectivity index is 1.69. The fourth-order valence-corrected chi connectivity index (χ4v) is 5.09. The highest BCUT2D eigenvalue weighted by molar-refractivity contribution is 7.89. The third-order valence-corrected chi connectivity index (χ3v) is 7.46. The highest BCUT2D eigenvalue weighted by atomic mass is 32.2. The minimum Gasteiger partial charge on any atom is -0.497 e. The average Bonchev–Trinajstić information content (AvgIpc) is 2.66. The number of nitrogens with zero attached hydrogens (tertiary/aromatic N) is 1. The normalized spacial score (nSPS) is 22.8. The average molecular weight is 411 g/mol. The molecule has 1 saturated heterocycles. The molecule has 28 heavy (non-hydrogen) atoms. The monoisotopic (exact) mass is 410 g/mol. The third-order valence-electron chi connectivity index (χ3n) is 5.58. The molecular weight excluding hydrogens is 380 g/mol. The summed E-state index contributed by atoms with van der Waals surface area (Å²) < 4.78 is 36.9. The summed E-state index contributed by atoms with van der Waals surface area (Å²) in [6, 6.07) is 5.51. The first-order valence-corrected chi connectivity index (χ1v) is 11.4. The molecule has 156 valence electrons. The number of amides is 1. The molecular formula is C20H30N2O5S. The van der Waals surface area contributed by atoms with Gasteiger partial charge in [0.25, 0.3) is 0 Å². The Morgan fingerprint density at radius 2 is 2.00 bits per heavy atom. The molecule has 0 spiro atoms. The molecule has 1 amide bonds. The molecule has 2 aliphatic heterocycles. The van der Waals surface area contributed by atoms with Crippen molar-refractivity contribution in [3.8, 4) is 11.5 Å². The Bertz CT molecular complexity index is 829. The molecule has 0 aromatic heterocycles. The molecule has 1 fully saturated rings. The molecule has 1 N–H and O–H groups in total. The Labute approximate surface area is 167 Å².